The molecule has 0 bridgehead atoms. The molecule has 23 heteroatoms. The van der Waals surface area contributed by atoms with E-state index >= 15 is 0 Å². The van der Waals surface area contributed by atoms with Crippen molar-refractivity contribution in [2.24, 2.45) is 5.92 Å². The SMILES string of the molecule is CN(CCO[Si](C)(C)C(C)(C)C)CCC(CSc1ccccc1)Nc1ccc(S(=O)(=O)NC(=O)c2ccc(N3CCC([C@H](O)c4cc(CN5CCN(C(=O)OC(C)(C)C)CC5)ccc4-c4ccc(Cl)cc4)CC3)cc2)cc1S(=O)(=O)C(F)(F)F. The highest BCUT2D eigenvalue weighted by atomic mass is 35.5. The predicted octanol–water partition coefficient (Wildman–Crippen LogP) is 12.3. The van der Waals surface area contributed by atoms with Gasteiger partial charge in [-0.25, -0.2) is 26.4 Å². The maximum Gasteiger partial charge on any atom is 0.501 e. The number of aliphatic hydroxyl groups is 1. The van der Waals surface area contributed by atoms with E-state index in [0.29, 0.717) is 102 Å². The molecule has 2 aliphatic heterocycles. The zero-order chi connectivity index (χ0) is 61.4. The van der Waals surface area contributed by atoms with Gasteiger partial charge in [0.2, 0.25) is 0 Å². The number of anilines is 2. The molecule has 2 saturated heterocycles. The average molecular weight is 1260 g/mol. The summed E-state index contributed by atoms with van der Waals surface area (Å²) in [6, 6.07) is 31.0. The molecule has 0 spiro atoms. The summed E-state index contributed by atoms with van der Waals surface area (Å²) in [7, 11) is -11.2. The molecule has 5 aromatic rings. The van der Waals surface area contributed by atoms with Crippen LogP contribution in [0.2, 0.25) is 23.2 Å². The number of hydrogen-bond donors (Lipinski definition) is 3. The Morgan fingerprint density at radius 2 is 1.46 bits per heavy atom. The van der Waals surface area contributed by atoms with Gasteiger partial charge >= 0.3 is 11.6 Å². The summed E-state index contributed by atoms with van der Waals surface area (Å²) >= 11 is 7.70. The molecule has 2 atom stereocenters. The number of hydrogen-bond acceptors (Lipinski definition) is 14. The van der Waals surface area contributed by atoms with E-state index in [9.17, 15) is 44.7 Å². The number of piperazine rings is 1. The van der Waals surface area contributed by atoms with Crippen LogP contribution in [0, 0.1) is 5.92 Å². The fourth-order valence-corrected chi connectivity index (χ4v) is 13.9. The molecule has 2 amide bonds. The van der Waals surface area contributed by atoms with Crippen molar-refractivity contribution >= 4 is 74.9 Å². The van der Waals surface area contributed by atoms with Crippen molar-refractivity contribution < 1.29 is 53.9 Å². The number of sulfonamides is 1. The Labute approximate surface area is 504 Å². The van der Waals surface area contributed by atoms with E-state index in [1.165, 1.54) is 23.9 Å². The number of benzene rings is 5. The molecule has 7 rings (SSSR count). The predicted molar refractivity (Wildman–Crippen MR) is 330 cm³/mol. The highest BCUT2D eigenvalue weighted by Gasteiger charge is 2.49. The Morgan fingerprint density at radius 1 is 0.821 bits per heavy atom. The van der Waals surface area contributed by atoms with Crippen LogP contribution in [0.4, 0.5) is 29.3 Å². The molecule has 84 heavy (non-hydrogen) atoms. The summed E-state index contributed by atoms with van der Waals surface area (Å²) < 4.78 is 111. The maximum absolute atomic E-state index is 14.4. The standard InChI is InChI=1S/C61H80ClF3N6O9S3Si/c1-59(2,3)80-58(74)71-35-33-69(34-36-71)41-43-15-25-52(44-16-20-47(62)21-17-44)53(39-43)56(72)45-27-31-70(32-28-45)49-22-18-46(19-23-49)57(73)67-83(77,78)51-24-26-54(55(40-51)82(75,76)61(63,64)65)66-48(42-81-50-13-11-10-12-14-50)29-30-68(7)37-38-79-84(8,9)60(4,5)6/h10-26,39-40,45,48,56,66,72H,27-38,41-42H2,1-9H3,(H,67,73)/t48?,56-/m0/s1. The minimum Gasteiger partial charge on any atom is -0.444 e. The van der Waals surface area contributed by atoms with Crippen LogP contribution in [-0.4, -0.2) is 146 Å². The van der Waals surface area contributed by atoms with E-state index in [-0.39, 0.29) is 22.6 Å². The lowest BCUT2D eigenvalue weighted by molar-refractivity contribution is -0.0436. The summed E-state index contributed by atoms with van der Waals surface area (Å²) in [5, 5.41) is 15.8. The van der Waals surface area contributed by atoms with Gasteiger partial charge in [-0.3, -0.25) is 9.69 Å². The van der Waals surface area contributed by atoms with Crippen molar-refractivity contribution in [3.05, 3.63) is 137 Å². The van der Waals surface area contributed by atoms with Gasteiger partial charge in [-0.05, 0) is 167 Å². The summed E-state index contributed by atoms with van der Waals surface area (Å²) in [6.45, 7) is 22.0. The summed E-state index contributed by atoms with van der Waals surface area (Å²) in [5.74, 6) is -0.865. The first-order chi connectivity index (χ1) is 39.3. The van der Waals surface area contributed by atoms with Gasteiger partial charge in [0.1, 0.15) is 10.5 Å². The van der Waals surface area contributed by atoms with Crippen molar-refractivity contribution in [1.29, 1.82) is 0 Å². The topological polar surface area (TPSA) is 178 Å². The van der Waals surface area contributed by atoms with E-state index in [4.69, 9.17) is 20.8 Å². The molecule has 3 N–H and O–H groups in total. The van der Waals surface area contributed by atoms with E-state index in [1.807, 2.05) is 98.1 Å². The molecule has 5 aromatic carbocycles. The van der Waals surface area contributed by atoms with Crippen LogP contribution < -0.4 is 14.9 Å². The number of carbonyl (C=O) groups is 2. The Kier molecular flexibility index (Phi) is 21.9. The summed E-state index contributed by atoms with van der Waals surface area (Å²) in [6.07, 6.45) is 0.487. The molecule has 15 nitrogen and oxygen atoms in total. The number of thioether (sulfide) groups is 1. The lowest BCUT2D eigenvalue weighted by atomic mass is 9.83. The monoisotopic (exact) mass is 1260 g/mol. The molecule has 2 heterocycles. The van der Waals surface area contributed by atoms with Gasteiger partial charge in [-0.15, -0.1) is 11.8 Å². The van der Waals surface area contributed by atoms with Crippen LogP contribution in [-0.2, 0) is 35.6 Å². The van der Waals surface area contributed by atoms with Gasteiger partial charge < -0.3 is 34.3 Å². The van der Waals surface area contributed by atoms with Crippen LogP contribution in [0.1, 0.15) is 88.4 Å². The number of aliphatic hydroxyl groups excluding tert-OH is 1. The highest BCUT2D eigenvalue weighted by molar-refractivity contribution is 7.99. The third-order valence-corrected chi connectivity index (χ3v) is 24.6. The van der Waals surface area contributed by atoms with Crippen molar-refractivity contribution in [3.8, 4) is 11.1 Å². The normalized spacial score (nSPS) is 16.1. The number of nitrogens with one attached hydrogen (secondary N) is 2. The van der Waals surface area contributed by atoms with Crippen LogP contribution in [0.3, 0.4) is 0 Å². The quantitative estimate of drug-likeness (QED) is 0.0440. The van der Waals surface area contributed by atoms with Crippen molar-refractivity contribution in [2.75, 3.05) is 82.0 Å². The van der Waals surface area contributed by atoms with Crippen LogP contribution in [0.25, 0.3) is 11.1 Å². The number of amides is 2. The second kappa shape index (κ2) is 27.7. The number of sulfone groups is 1. The fourth-order valence-electron chi connectivity index (χ4n) is 9.74. The van der Waals surface area contributed by atoms with E-state index in [2.05, 4.69) is 61.1 Å². The molecule has 0 aliphatic carbocycles. The number of halogens is 4. The molecule has 0 radical (unpaired) electrons. The number of rotatable bonds is 22. The number of piperidine rings is 1. The lowest BCUT2D eigenvalue weighted by Crippen LogP contribution is -2.49. The van der Waals surface area contributed by atoms with Crippen LogP contribution >= 0.6 is 23.4 Å². The third-order valence-electron chi connectivity index (χ3n) is 15.7. The van der Waals surface area contributed by atoms with Crippen LogP contribution in [0.5, 0.6) is 0 Å². The van der Waals surface area contributed by atoms with Gasteiger partial charge in [-0.1, -0.05) is 80.9 Å². The summed E-state index contributed by atoms with van der Waals surface area (Å²) in [5.41, 5.74) is -2.50. The first-order valence-corrected chi connectivity index (χ1v) is 35.5. The molecular weight excluding hydrogens is 1180 g/mol. The number of alkyl halides is 3. The summed E-state index contributed by atoms with van der Waals surface area (Å²) in [4.78, 5) is 33.2. The van der Waals surface area contributed by atoms with Gasteiger partial charge in [0.05, 0.1) is 16.7 Å². The number of carbonyl (C=O) groups excluding carboxylic acids is 2. The molecule has 0 saturated carbocycles. The first kappa shape index (κ1) is 66.4. The van der Waals surface area contributed by atoms with E-state index in [0.717, 1.165) is 45.0 Å². The Balaban J connectivity index is 1.01. The Morgan fingerprint density at radius 3 is 2.07 bits per heavy atom. The molecular formula is C61H80ClF3N6O9S3Si. The number of nitrogens with zero attached hydrogens (tertiary/aromatic N) is 4. The Bertz CT molecular complexity index is 3260. The van der Waals surface area contributed by atoms with Crippen LogP contribution in [0.15, 0.2) is 130 Å². The molecule has 458 valence electrons. The Hall–Kier alpha value is -5.17. The zero-order valence-electron chi connectivity index (χ0n) is 49.3. The van der Waals surface area contributed by atoms with Crippen molar-refractivity contribution in [1.82, 2.24) is 19.4 Å². The largest absolute Gasteiger partial charge is 0.501 e. The molecule has 0 aromatic heterocycles. The van der Waals surface area contributed by atoms with Gasteiger partial charge in [0.25, 0.3) is 25.8 Å². The molecule has 2 aliphatic rings. The van der Waals surface area contributed by atoms with Gasteiger partial charge in [-0.2, -0.15) is 13.2 Å². The smallest absolute Gasteiger partial charge is 0.444 e. The third kappa shape index (κ3) is 17.7. The zero-order valence-corrected chi connectivity index (χ0v) is 53.5. The van der Waals surface area contributed by atoms with E-state index in [1.54, 1.807) is 17.0 Å². The second-order valence-corrected chi connectivity index (χ2v) is 34.1. The molecule has 1 unspecified atom stereocenters. The highest BCUT2D eigenvalue weighted by Crippen LogP contribution is 2.40. The van der Waals surface area contributed by atoms with Gasteiger partial charge in [0.15, 0.2) is 8.32 Å². The maximum atomic E-state index is 14.4. The fraction of sp³-hybridized carbons (Fsp3) is 0.475. The minimum absolute atomic E-state index is 0.0166. The van der Waals surface area contributed by atoms with E-state index < -0.39 is 72.8 Å². The second-order valence-electron chi connectivity index (χ2n) is 24.2. The van der Waals surface area contributed by atoms with Gasteiger partial charge in [0, 0.05) is 91.9 Å². The number of ether oxygens (including phenoxy) is 1. The van der Waals surface area contributed by atoms with Crippen molar-refractivity contribution in [3.63, 3.8) is 0 Å². The lowest BCUT2D eigenvalue weighted by Gasteiger charge is -2.37. The minimum atomic E-state index is -6.13. The number of likely N-dealkylation sites (N-methyl/N-ethyl adjacent to an activating group) is 1. The average Bonchev–Trinajstić information content (AvgIpc) is 2.60. The first-order valence-electron chi connectivity index (χ1n) is 28.2. The molecule has 2 fully saturated rings. The van der Waals surface area contributed by atoms with Crippen molar-refractivity contribution in [2.45, 2.75) is 123 Å².